The molecule has 0 spiro atoms. The van der Waals surface area contributed by atoms with E-state index in [4.69, 9.17) is 25.8 Å². The highest BCUT2D eigenvalue weighted by atomic mass is 35.5. The number of ether oxygens (including phenoxy) is 3. The Morgan fingerprint density at radius 1 is 1.00 bits per heavy atom. The highest BCUT2D eigenvalue weighted by Gasteiger charge is 2.11. The SMILES string of the molecule is COc1ccc(OC)c(NCC(=O)c2ccc(OC)c(Cl)c2)c1. The molecule has 0 amide bonds. The Balaban J connectivity index is 2.11. The molecule has 2 aromatic rings. The van der Waals surface area contributed by atoms with E-state index in [9.17, 15) is 4.79 Å². The van der Waals surface area contributed by atoms with Gasteiger partial charge in [0.25, 0.3) is 0 Å². The van der Waals surface area contributed by atoms with Crippen LogP contribution in [-0.4, -0.2) is 33.7 Å². The number of methoxy groups -OCH3 is 3. The predicted molar refractivity (Wildman–Crippen MR) is 90.4 cm³/mol. The molecule has 2 aromatic carbocycles. The van der Waals surface area contributed by atoms with Crippen LogP contribution in [0.4, 0.5) is 5.69 Å². The summed E-state index contributed by atoms with van der Waals surface area (Å²) in [4.78, 5) is 12.3. The molecule has 0 radical (unpaired) electrons. The zero-order valence-electron chi connectivity index (χ0n) is 13.2. The van der Waals surface area contributed by atoms with Crippen molar-refractivity contribution < 1.29 is 19.0 Å². The molecule has 0 fully saturated rings. The molecule has 23 heavy (non-hydrogen) atoms. The Bertz CT molecular complexity index is 703. The Hall–Kier alpha value is -2.40. The molecule has 0 unspecified atom stereocenters. The molecule has 0 aliphatic carbocycles. The number of benzene rings is 2. The number of halogens is 1. The average Bonchev–Trinajstić information content (AvgIpc) is 2.59. The van der Waals surface area contributed by atoms with Crippen LogP contribution in [-0.2, 0) is 0 Å². The van der Waals surface area contributed by atoms with Crippen molar-refractivity contribution in [2.24, 2.45) is 0 Å². The van der Waals surface area contributed by atoms with Gasteiger partial charge in [-0.25, -0.2) is 0 Å². The van der Waals surface area contributed by atoms with Gasteiger partial charge in [0.05, 0.1) is 38.6 Å². The second-order valence-electron chi connectivity index (χ2n) is 4.69. The minimum absolute atomic E-state index is 0.0978. The number of ketones is 1. The first kappa shape index (κ1) is 17.0. The summed E-state index contributed by atoms with van der Waals surface area (Å²) >= 11 is 6.04. The number of carbonyl (C=O) groups excluding carboxylic acids is 1. The van der Waals surface area contributed by atoms with Crippen LogP contribution < -0.4 is 19.5 Å². The second-order valence-corrected chi connectivity index (χ2v) is 5.10. The summed E-state index contributed by atoms with van der Waals surface area (Å²) < 4.78 is 15.5. The third-order valence-electron chi connectivity index (χ3n) is 3.32. The minimum Gasteiger partial charge on any atom is -0.497 e. The standard InChI is InChI=1S/C17H18ClNO4/c1-21-12-5-7-17(23-3)14(9-12)19-10-15(20)11-4-6-16(22-2)13(18)8-11/h4-9,19H,10H2,1-3H3. The van der Waals surface area contributed by atoms with Gasteiger partial charge in [0.1, 0.15) is 17.2 Å². The molecule has 0 aliphatic rings. The maximum absolute atomic E-state index is 12.3. The Labute approximate surface area is 140 Å². The lowest BCUT2D eigenvalue weighted by Gasteiger charge is -2.12. The van der Waals surface area contributed by atoms with E-state index in [0.717, 1.165) is 0 Å². The lowest BCUT2D eigenvalue weighted by atomic mass is 10.1. The van der Waals surface area contributed by atoms with Crippen LogP contribution in [0.1, 0.15) is 10.4 Å². The van der Waals surface area contributed by atoms with Crippen LogP contribution in [0, 0.1) is 0 Å². The Kier molecular flexibility index (Phi) is 5.71. The normalized spacial score (nSPS) is 10.1. The Morgan fingerprint density at radius 3 is 2.30 bits per heavy atom. The van der Waals surface area contributed by atoms with Gasteiger partial charge >= 0.3 is 0 Å². The molecular formula is C17H18ClNO4. The fourth-order valence-electron chi connectivity index (χ4n) is 2.07. The lowest BCUT2D eigenvalue weighted by Crippen LogP contribution is -2.14. The molecular weight excluding hydrogens is 318 g/mol. The first-order chi connectivity index (χ1) is 11.1. The largest absolute Gasteiger partial charge is 0.497 e. The van der Waals surface area contributed by atoms with Crippen LogP contribution in [0.2, 0.25) is 5.02 Å². The van der Waals surface area contributed by atoms with Crippen molar-refractivity contribution >= 4 is 23.1 Å². The summed E-state index contributed by atoms with van der Waals surface area (Å²) in [7, 11) is 4.67. The molecule has 0 heterocycles. The zero-order chi connectivity index (χ0) is 16.8. The molecule has 122 valence electrons. The molecule has 1 N–H and O–H groups in total. The van der Waals surface area contributed by atoms with Crippen molar-refractivity contribution in [1.29, 1.82) is 0 Å². The third kappa shape index (κ3) is 4.07. The number of Topliss-reactive ketones (excluding diaryl/α,β-unsaturated/α-hetero) is 1. The van der Waals surface area contributed by atoms with Gasteiger partial charge in [-0.1, -0.05) is 11.6 Å². The average molecular weight is 336 g/mol. The number of hydrogen-bond acceptors (Lipinski definition) is 5. The summed E-state index contributed by atoms with van der Waals surface area (Å²) in [6.45, 7) is 0.103. The van der Waals surface area contributed by atoms with Crippen molar-refractivity contribution in [2.45, 2.75) is 0 Å². The molecule has 0 saturated carbocycles. The van der Waals surface area contributed by atoms with E-state index in [0.29, 0.717) is 33.5 Å². The fourth-order valence-corrected chi connectivity index (χ4v) is 2.33. The summed E-state index contributed by atoms with van der Waals surface area (Å²) in [5, 5.41) is 3.46. The highest BCUT2D eigenvalue weighted by molar-refractivity contribution is 6.32. The fraction of sp³-hybridized carbons (Fsp3) is 0.235. The maximum atomic E-state index is 12.3. The molecule has 5 nitrogen and oxygen atoms in total. The maximum Gasteiger partial charge on any atom is 0.181 e. The van der Waals surface area contributed by atoms with E-state index in [-0.39, 0.29) is 12.3 Å². The van der Waals surface area contributed by atoms with E-state index in [1.165, 1.54) is 7.11 Å². The van der Waals surface area contributed by atoms with Gasteiger partial charge in [-0.3, -0.25) is 4.79 Å². The highest BCUT2D eigenvalue weighted by Crippen LogP contribution is 2.29. The molecule has 0 aromatic heterocycles. The smallest absolute Gasteiger partial charge is 0.181 e. The number of rotatable bonds is 7. The first-order valence-corrected chi connectivity index (χ1v) is 7.29. The molecule has 0 atom stereocenters. The van der Waals surface area contributed by atoms with Crippen molar-refractivity contribution in [2.75, 3.05) is 33.2 Å². The van der Waals surface area contributed by atoms with E-state index >= 15 is 0 Å². The number of hydrogen-bond donors (Lipinski definition) is 1. The summed E-state index contributed by atoms with van der Waals surface area (Å²) in [5.74, 6) is 1.74. The number of anilines is 1. The lowest BCUT2D eigenvalue weighted by molar-refractivity contribution is 0.101. The van der Waals surface area contributed by atoms with Crippen molar-refractivity contribution in [1.82, 2.24) is 0 Å². The predicted octanol–water partition coefficient (Wildman–Crippen LogP) is 3.66. The van der Waals surface area contributed by atoms with Gasteiger partial charge in [-0.05, 0) is 30.3 Å². The minimum atomic E-state index is -0.0978. The van der Waals surface area contributed by atoms with E-state index < -0.39 is 0 Å². The van der Waals surface area contributed by atoms with E-state index in [1.807, 2.05) is 0 Å². The van der Waals surface area contributed by atoms with Crippen LogP contribution >= 0.6 is 11.6 Å². The van der Waals surface area contributed by atoms with Gasteiger partial charge in [0, 0.05) is 11.6 Å². The molecule has 6 heteroatoms. The zero-order valence-corrected chi connectivity index (χ0v) is 13.9. The first-order valence-electron chi connectivity index (χ1n) is 6.91. The second kappa shape index (κ2) is 7.74. The third-order valence-corrected chi connectivity index (χ3v) is 3.62. The number of carbonyl (C=O) groups is 1. The summed E-state index contributed by atoms with van der Waals surface area (Å²) in [5.41, 5.74) is 1.19. The monoisotopic (exact) mass is 335 g/mol. The molecule has 2 rings (SSSR count). The molecule has 0 bridgehead atoms. The van der Waals surface area contributed by atoms with Crippen LogP contribution in [0.5, 0.6) is 17.2 Å². The van der Waals surface area contributed by atoms with Crippen LogP contribution in [0.15, 0.2) is 36.4 Å². The van der Waals surface area contributed by atoms with Gasteiger partial charge < -0.3 is 19.5 Å². The Morgan fingerprint density at radius 2 is 1.70 bits per heavy atom. The summed E-state index contributed by atoms with van der Waals surface area (Å²) in [6, 6.07) is 10.3. The molecule has 0 saturated heterocycles. The van der Waals surface area contributed by atoms with E-state index in [2.05, 4.69) is 5.32 Å². The van der Waals surface area contributed by atoms with Crippen molar-refractivity contribution in [3.8, 4) is 17.2 Å². The van der Waals surface area contributed by atoms with Gasteiger partial charge in [0.2, 0.25) is 0 Å². The van der Waals surface area contributed by atoms with Crippen molar-refractivity contribution in [3.05, 3.63) is 47.0 Å². The topological polar surface area (TPSA) is 56.8 Å². The van der Waals surface area contributed by atoms with Gasteiger partial charge in [0.15, 0.2) is 5.78 Å². The quantitative estimate of drug-likeness (QED) is 0.782. The molecule has 0 aliphatic heterocycles. The van der Waals surface area contributed by atoms with Crippen molar-refractivity contribution in [3.63, 3.8) is 0 Å². The van der Waals surface area contributed by atoms with Crippen LogP contribution in [0.25, 0.3) is 0 Å². The van der Waals surface area contributed by atoms with E-state index in [1.54, 1.807) is 50.6 Å². The summed E-state index contributed by atoms with van der Waals surface area (Å²) in [6.07, 6.45) is 0. The van der Waals surface area contributed by atoms with Gasteiger partial charge in [-0.2, -0.15) is 0 Å². The van der Waals surface area contributed by atoms with Crippen LogP contribution in [0.3, 0.4) is 0 Å². The van der Waals surface area contributed by atoms with Gasteiger partial charge in [-0.15, -0.1) is 0 Å². The number of nitrogens with one attached hydrogen (secondary N) is 1.